The minimum atomic E-state index is -3.35. The highest BCUT2D eigenvalue weighted by Crippen LogP contribution is 2.18. The molecule has 0 aliphatic carbocycles. The van der Waals surface area contributed by atoms with E-state index in [4.69, 9.17) is 11.6 Å². The first-order valence-electron chi connectivity index (χ1n) is 7.14. The van der Waals surface area contributed by atoms with Gasteiger partial charge in [-0.1, -0.05) is 17.7 Å². The molecule has 1 unspecified atom stereocenters. The average molecular weight is 368 g/mol. The van der Waals surface area contributed by atoms with Gasteiger partial charge in [0.15, 0.2) is 0 Å². The molecule has 0 saturated heterocycles. The summed E-state index contributed by atoms with van der Waals surface area (Å²) in [4.78, 5) is 12.2. The van der Waals surface area contributed by atoms with Crippen molar-refractivity contribution in [1.82, 2.24) is 0 Å². The number of sulfonamides is 1. The minimum absolute atomic E-state index is 0.223. The van der Waals surface area contributed by atoms with Crippen molar-refractivity contribution in [3.63, 3.8) is 0 Å². The van der Waals surface area contributed by atoms with Crippen molar-refractivity contribution in [3.8, 4) is 0 Å². The zero-order valence-corrected chi connectivity index (χ0v) is 14.8. The van der Waals surface area contributed by atoms with Crippen LogP contribution < -0.4 is 15.4 Å². The molecule has 2 aromatic rings. The Morgan fingerprint density at radius 1 is 1.04 bits per heavy atom. The fourth-order valence-electron chi connectivity index (χ4n) is 1.99. The summed E-state index contributed by atoms with van der Waals surface area (Å²) in [6.45, 7) is 1.71. The summed E-state index contributed by atoms with van der Waals surface area (Å²) in [7, 11) is -3.35. The van der Waals surface area contributed by atoms with Crippen LogP contribution in [0.2, 0.25) is 5.02 Å². The summed E-state index contributed by atoms with van der Waals surface area (Å²) >= 11 is 5.80. The third kappa shape index (κ3) is 5.75. The standard InChI is InChI=1S/C16H18ClN3O3S/c1-11(16(21)19-13-8-6-12(17)7-9-13)18-14-4-3-5-15(10-14)20-24(2,22)23/h3-11,18,20H,1-2H3,(H,19,21). The first-order chi connectivity index (χ1) is 11.2. The number of carbonyl (C=O) groups is 1. The number of hydrogen-bond acceptors (Lipinski definition) is 4. The number of carbonyl (C=O) groups excluding carboxylic acids is 1. The molecule has 128 valence electrons. The Hall–Kier alpha value is -2.25. The highest BCUT2D eigenvalue weighted by Gasteiger charge is 2.13. The molecule has 2 rings (SSSR count). The molecule has 0 heterocycles. The van der Waals surface area contributed by atoms with Gasteiger partial charge in [0.1, 0.15) is 6.04 Å². The summed E-state index contributed by atoms with van der Waals surface area (Å²) < 4.78 is 24.9. The Morgan fingerprint density at radius 2 is 1.67 bits per heavy atom. The molecule has 6 nitrogen and oxygen atoms in total. The number of halogens is 1. The molecule has 0 aromatic heterocycles. The molecule has 0 aliphatic rings. The molecule has 1 amide bonds. The van der Waals surface area contributed by atoms with Gasteiger partial charge in [-0.05, 0) is 49.4 Å². The van der Waals surface area contributed by atoms with Gasteiger partial charge in [0.05, 0.1) is 11.9 Å². The molecule has 0 aliphatic heterocycles. The normalized spacial score (nSPS) is 12.3. The fourth-order valence-corrected chi connectivity index (χ4v) is 2.67. The van der Waals surface area contributed by atoms with Gasteiger partial charge in [-0.3, -0.25) is 9.52 Å². The maximum absolute atomic E-state index is 12.2. The lowest BCUT2D eigenvalue weighted by Crippen LogP contribution is -2.31. The number of hydrogen-bond donors (Lipinski definition) is 3. The van der Waals surface area contributed by atoms with E-state index < -0.39 is 16.1 Å². The number of amides is 1. The second kappa shape index (κ2) is 7.55. The summed E-state index contributed by atoms with van der Waals surface area (Å²) in [5, 5.41) is 6.39. The number of rotatable bonds is 6. The van der Waals surface area contributed by atoms with Crippen LogP contribution in [-0.4, -0.2) is 26.6 Å². The molecule has 0 saturated carbocycles. The summed E-state index contributed by atoms with van der Waals surface area (Å²) in [5.74, 6) is -0.223. The van der Waals surface area contributed by atoms with E-state index in [1.807, 2.05) is 0 Å². The van der Waals surface area contributed by atoms with E-state index in [0.717, 1.165) is 6.26 Å². The Balaban J connectivity index is 2.00. The maximum atomic E-state index is 12.2. The van der Waals surface area contributed by atoms with Gasteiger partial charge in [0.25, 0.3) is 0 Å². The predicted molar refractivity (Wildman–Crippen MR) is 98.1 cm³/mol. The third-order valence-corrected chi connectivity index (χ3v) is 3.91. The maximum Gasteiger partial charge on any atom is 0.246 e. The predicted octanol–water partition coefficient (Wildman–Crippen LogP) is 3.15. The number of nitrogens with one attached hydrogen (secondary N) is 3. The SMILES string of the molecule is CC(Nc1cccc(NS(C)(=O)=O)c1)C(=O)Nc1ccc(Cl)cc1. The third-order valence-electron chi connectivity index (χ3n) is 3.05. The van der Waals surface area contributed by atoms with Crippen molar-refractivity contribution >= 4 is 44.6 Å². The molecule has 24 heavy (non-hydrogen) atoms. The summed E-state index contributed by atoms with van der Waals surface area (Å²) in [6, 6.07) is 13.0. The van der Waals surface area contributed by atoms with Crippen LogP contribution in [0.4, 0.5) is 17.1 Å². The monoisotopic (exact) mass is 367 g/mol. The minimum Gasteiger partial charge on any atom is -0.374 e. The van der Waals surface area contributed by atoms with E-state index in [1.54, 1.807) is 55.5 Å². The molecular weight excluding hydrogens is 350 g/mol. The molecular formula is C16H18ClN3O3S. The molecule has 0 radical (unpaired) electrons. The van der Waals surface area contributed by atoms with Crippen LogP contribution in [0.5, 0.6) is 0 Å². The molecule has 3 N–H and O–H groups in total. The Morgan fingerprint density at radius 3 is 2.29 bits per heavy atom. The van der Waals surface area contributed by atoms with Crippen molar-refractivity contribution in [3.05, 3.63) is 53.6 Å². The summed E-state index contributed by atoms with van der Waals surface area (Å²) in [6.07, 6.45) is 1.08. The van der Waals surface area contributed by atoms with Crippen molar-refractivity contribution in [2.75, 3.05) is 21.6 Å². The Kier molecular flexibility index (Phi) is 5.69. The van der Waals surface area contributed by atoms with Gasteiger partial charge in [0.2, 0.25) is 15.9 Å². The second-order valence-electron chi connectivity index (χ2n) is 5.32. The van der Waals surface area contributed by atoms with Crippen molar-refractivity contribution in [1.29, 1.82) is 0 Å². The van der Waals surface area contributed by atoms with Crippen LogP contribution in [0.15, 0.2) is 48.5 Å². The van der Waals surface area contributed by atoms with Crippen molar-refractivity contribution < 1.29 is 13.2 Å². The molecule has 1 atom stereocenters. The van der Waals surface area contributed by atoms with Crippen molar-refractivity contribution in [2.45, 2.75) is 13.0 Å². The van der Waals surface area contributed by atoms with Gasteiger partial charge in [-0.25, -0.2) is 8.42 Å². The van der Waals surface area contributed by atoms with Crippen LogP contribution >= 0.6 is 11.6 Å². The van der Waals surface area contributed by atoms with Gasteiger partial charge in [0, 0.05) is 16.4 Å². The van der Waals surface area contributed by atoms with Gasteiger partial charge in [-0.2, -0.15) is 0 Å². The lowest BCUT2D eigenvalue weighted by Gasteiger charge is -2.16. The Labute approximate surface area is 146 Å². The van der Waals surface area contributed by atoms with Crippen molar-refractivity contribution in [2.24, 2.45) is 0 Å². The van der Waals surface area contributed by atoms with E-state index in [-0.39, 0.29) is 5.91 Å². The van der Waals surface area contributed by atoms with Crippen LogP contribution in [0.25, 0.3) is 0 Å². The van der Waals surface area contributed by atoms with E-state index in [9.17, 15) is 13.2 Å². The molecule has 0 fully saturated rings. The highest BCUT2D eigenvalue weighted by molar-refractivity contribution is 7.92. The Bertz CT molecular complexity index is 823. The van der Waals surface area contributed by atoms with Gasteiger partial charge in [-0.15, -0.1) is 0 Å². The van der Waals surface area contributed by atoms with E-state index in [2.05, 4.69) is 15.4 Å². The largest absolute Gasteiger partial charge is 0.374 e. The van der Waals surface area contributed by atoms with Gasteiger partial charge < -0.3 is 10.6 Å². The molecule has 0 spiro atoms. The first-order valence-corrected chi connectivity index (χ1v) is 9.41. The highest BCUT2D eigenvalue weighted by atomic mass is 35.5. The number of anilines is 3. The topological polar surface area (TPSA) is 87.3 Å². The molecule has 0 bridgehead atoms. The van der Waals surface area contributed by atoms with E-state index in [1.165, 1.54) is 0 Å². The average Bonchev–Trinajstić information content (AvgIpc) is 2.48. The lowest BCUT2D eigenvalue weighted by molar-refractivity contribution is -0.116. The zero-order chi connectivity index (χ0) is 17.7. The summed E-state index contributed by atoms with van der Waals surface area (Å²) in [5.41, 5.74) is 1.70. The first kappa shape index (κ1) is 18.1. The van der Waals surface area contributed by atoms with E-state index >= 15 is 0 Å². The second-order valence-corrected chi connectivity index (χ2v) is 7.50. The van der Waals surface area contributed by atoms with Gasteiger partial charge >= 0.3 is 0 Å². The van der Waals surface area contributed by atoms with Crippen LogP contribution in [0.1, 0.15) is 6.92 Å². The van der Waals surface area contributed by atoms with Crippen LogP contribution in [-0.2, 0) is 14.8 Å². The lowest BCUT2D eigenvalue weighted by atomic mass is 10.2. The molecule has 8 heteroatoms. The van der Waals surface area contributed by atoms with Crippen LogP contribution in [0.3, 0.4) is 0 Å². The number of benzene rings is 2. The van der Waals surface area contributed by atoms with Crippen LogP contribution in [0, 0.1) is 0 Å². The zero-order valence-electron chi connectivity index (χ0n) is 13.2. The molecule has 2 aromatic carbocycles. The quantitative estimate of drug-likeness (QED) is 0.731. The van der Waals surface area contributed by atoms with E-state index in [0.29, 0.717) is 22.1 Å². The fraction of sp³-hybridized carbons (Fsp3) is 0.188. The smallest absolute Gasteiger partial charge is 0.246 e.